The van der Waals surface area contributed by atoms with Gasteiger partial charge in [0.25, 0.3) is 10.0 Å². The SMILES string of the molecule is O=S(=O)(Nc1ncnc(-c2ccccc2)n1)c1ccccc1. The Morgan fingerprint density at radius 2 is 1.45 bits per heavy atom. The van der Waals surface area contributed by atoms with Crippen molar-refractivity contribution in [2.45, 2.75) is 4.90 Å². The Kier molecular flexibility index (Phi) is 3.80. The molecule has 6 nitrogen and oxygen atoms in total. The lowest BCUT2D eigenvalue weighted by Crippen LogP contribution is -2.15. The molecule has 0 aliphatic carbocycles. The van der Waals surface area contributed by atoms with E-state index in [1.807, 2.05) is 30.3 Å². The minimum Gasteiger partial charge on any atom is -0.247 e. The fraction of sp³-hybridized carbons (Fsp3) is 0. The van der Waals surface area contributed by atoms with Crippen LogP contribution in [0.2, 0.25) is 0 Å². The molecule has 0 saturated carbocycles. The third-order valence-electron chi connectivity index (χ3n) is 2.88. The number of hydrogen-bond donors (Lipinski definition) is 1. The molecule has 2 aromatic carbocycles. The first-order valence-electron chi connectivity index (χ1n) is 6.47. The van der Waals surface area contributed by atoms with Gasteiger partial charge in [-0.1, -0.05) is 48.5 Å². The number of rotatable bonds is 4. The highest BCUT2D eigenvalue weighted by molar-refractivity contribution is 7.92. The molecule has 0 saturated heterocycles. The molecule has 0 aliphatic heterocycles. The molecule has 1 heterocycles. The molecular weight excluding hydrogens is 300 g/mol. The maximum absolute atomic E-state index is 12.2. The summed E-state index contributed by atoms with van der Waals surface area (Å²) in [6.07, 6.45) is 1.28. The van der Waals surface area contributed by atoms with Gasteiger partial charge in [-0.2, -0.15) is 4.98 Å². The molecule has 0 bridgehead atoms. The minimum atomic E-state index is -3.72. The van der Waals surface area contributed by atoms with E-state index in [1.165, 1.54) is 18.5 Å². The van der Waals surface area contributed by atoms with Crippen LogP contribution in [0.3, 0.4) is 0 Å². The second-order valence-corrected chi connectivity index (χ2v) is 6.10. The molecule has 0 aliphatic rings. The molecule has 0 spiro atoms. The van der Waals surface area contributed by atoms with Crippen molar-refractivity contribution in [2.75, 3.05) is 4.72 Å². The first kappa shape index (κ1) is 14.2. The van der Waals surface area contributed by atoms with Gasteiger partial charge in [0.05, 0.1) is 4.90 Å². The highest BCUT2D eigenvalue weighted by Gasteiger charge is 2.15. The molecular formula is C15H12N4O2S. The van der Waals surface area contributed by atoms with Crippen molar-refractivity contribution in [1.82, 2.24) is 15.0 Å². The van der Waals surface area contributed by atoms with Crippen molar-refractivity contribution in [3.8, 4) is 11.4 Å². The van der Waals surface area contributed by atoms with Crippen molar-refractivity contribution in [1.29, 1.82) is 0 Å². The van der Waals surface area contributed by atoms with Crippen LogP contribution in [-0.4, -0.2) is 23.4 Å². The van der Waals surface area contributed by atoms with E-state index in [0.29, 0.717) is 5.82 Å². The van der Waals surface area contributed by atoms with E-state index in [4.69, 9.17) is 0 Å². The Labute approximate surface area is 128 Å². The van der Waals surface area contributed by atoms with Gasteiger partial charge in [-0.05, 0) is 12.1 Å². The van der Waals surface area contributed by atoms with Crippen LogP contribution in [-0.2, 0) is 10.0 Å². The van der Waals surface area contributed by atoms with Gasteiger partial charge in [-0.15, -0.1) is 0 Å². The van der Waals surface area contributed by atoms with Gasteiger partial charge >= 0.3 is 0 Å². The Morgan fingerprint density at radius 1 is 0.818 bits per heavy atom. The number of nitrogens with one attached hydrogen (secondary N) is 1. The molecule has 3 aromatic rings. The van der Waals surface area contributed by atoms with E-state index in [9.17, 15) is 8.42 Å². The van der Waals surface area contributed by atoms with Gasteiger partial charge in [0.15, 0.2) is 5.82 Å². The Hall–Kier alpha value is -2.80. The number of sulfonamides is 1. The van der Waals surface area contributed by atoms with Crippen molar-refractivity contribution >= 4 is 16.0 Å². The fourth-order valence-electron chi connectivity index (χ4n) is 1.85. The first-order valence-corrected chi connectivity index (χ1v) is 7.96. The number of nitrogens with zero attached hydrogens (tertiary/aromatic N) is 3. The van der Waals surface area contributed by atoms with Crippen LogP contribution in [0, 0.1) is 0 Å². The molecule has 22 heavy (non-hydrogen) atoms. The lowest BCUT2D eigenvalue weighted by atomic mass is 10.2. The van der Waals surface area contributed by atoms with E-state index in [1.54, 1.807) is 18.2 Å². The standard InChI is InChI=1S/C15H12N4O2S/c20-22(21,13-9-5-2-6-10-13)19-15-17-11-16-14(18-15)12-7-3-1-4-8-12/h1-11H,(H,16,17,18,19). The van der Waals surface area contributed by atoms with Crippen molar-refractivity contribution in [3.63, 3.8) is 0 Å². The molecule has 0 amide bonds. The summed E-state index contributed by atoms with van der Waals surface area (Å²) in [5.74, 6) is 0.388. The molecule has 0 unspecified atom stereocenters. The monoisotopic (exact) mass is 312 g/mol. The average molecular weight is 312 g/mol. The average Bonchev–Trinajstić information content (AvgIpc) is 2.56. The second-order valence-electron chi connectivity index (χ2n) is 4.42. The van der Waals surface area contributed by atoms with Gasteiger partial charge in [-0.25, -0.2) is 23.1 Å². The second kappa shape index (κ2) is 5.90. The predicted molar refractivity (Wildman–Crippen MR) is 82.5 cm³/mol. The largest absolute Gasteiger partial charge is 0.264 e. The van der Waals surface area contributed by atoms with Gasteiger partial charge in [0.1, 0.15) is 6.33 Å². The van der Waals surface area contributed by atoms with Gasteiger partial charge in [-0.3, -0.25) is 0 Å². The van der Waals surface area contributed by atoms with Crippen molar-refractivity contribution in [3.05, 3.63) is 67.0 Å². The van der Waals surface area contributed by atoms with E-state index in [0.717, 1.165) is 5.56 Å². The number of benzene rings is 2. The quantitative estimate of drug-likeness (QED) is 0.799. The Balaban J connectivity index is 1.91. The summed E-state index contributed by atoms with van der Waals surface area (Å²) in [4.78, 5) is 12.2. The van der Waals surface area contributed by atoms with E-state index < -0.39 is 10.0 Å². The summed E-state index contributed by atoms with van der Waals surface area (Å²) in [7, 11) is -3.72. The fourth-order valence-corrected chi connectivity index (χ4v) is 2.82. The third-order valence-corrected chi connectivity index (χ3v) is 4.23. The highest BCUT2D eigenvalue weighted by Crippen LogP contribution is 2.16. The molecule has 110 valence electrons. The lowest BCUT2D eigenvalue weighted by Gasteiger charge is -2.07. The molecule has 0 atom stereocenters. The topological polar surface area (TPSA) is 84.8 Å². The normalized spacial score (nSPS) is 11.1. The first-order chi connectivity index (χ1) is 10.6. The molecule has 3 rings (SSSR count). The number of hydrogen-bond acceptors (Lipinski definition) is 5. The van der Waals surface area contributed by atoms with Crippen molar-refractivity contribution < 1.29 is 8.42 Å². The maximum Gasteiger partial charge on any atom is 0.264 e. The van der Waals surface area contributed by atoms with Gasteiger partial charge in [0, 0.05) is 5.56 Å². The summed E-state index contributed by atoms with van der Waals surface area (Å²) in [5.41, 5.74) is 0.782. The van der Waals surface area contributed by atoms with Crippen LogP contribution in [0.1, 0.15) is 0 Å². The van der Waals surface area contributed by atoms with Crippen LogP contribution < -0.4 is 4.72 Å². The van der Waals surface area contributed by atoms with E-state index in [-0.39, 0.29) is 10.8 Å². The van der Waals surface area contributed by atoms with Crippen LogP contribution >= 0.6 is 0 Å². The van der Waals surface area contributed by atoms with Crippen LogP contribution in [0.25, 0.3) is 11.4 Å². The predicted octanol–water partition coefficient (Wildman–Crippen LogP) is 2.34. The smallest absolute Gasteiger partial charge is 0.247 e. The molecule has 0 radical (unpaired) electrons. The minimum absolute atomic E-state index is 0.0160. The highest BCUT2D eigenvalue weighted by atomic mass is 32.2. The summed E-state index contributed by atoms with van der Waals surface area (Å²) in [6, 6.07) is 17.3. The Morgan fingerprint density at radius 3 is 2.14 bits per heavy atom. The van der Waals surface area contributed by atoms with E-state index >= 15 is 0 Å². The van der Waals surface area contributed by atoms with Crippen LogP contribution in [0.4, 0.5) is 5.95 Å². The summed E-state index contributed by atoms with van der Waals surface area (Å²) in [5, 5.41) is 0. The van der Waals surface area contributed by atoms with E-state index in [2.05, 4.69) is 19.7 Å². The van der Waals surface area contributed by atoms with Gasteiger partial charge < -0.3 is 0 Å². The van der Waals surface area contributed by atoms with Crippen molar-refractivity contribution in [2.24, 2.45) is 0 Å². The Bertz CT molecular complexity index is 868. The van der Waals surface area contributed by atoms with Crippen LogP contribution in [0.5, 0.6) is 0 Å². The third kappa shape index (κ3) is 3.09. The van der Waals surface area contributed by atoms with Crippen LogP contribution in [0.15, 0.2) is 71.9 Å². The summed E-state index contributed by atoms with van der Waals surface area (Å²) < 4.78 is 26.8. The molecule has 1 N–H and O–H groups in total. The number of anilines is 1. The zero-order chi connectivity index (χ0) is 15.4. The molecule has 7 heteroatoms. The molecule has 1 aromatic heterocycles. The maximum atomic E-state index is 12.2. The summed E-state index contributed by atoms with van der Waals surface area (Å²) >= 11 is 0. The van der Waals surface area contributed by atoms with Gasteiger partial charge in [0.2, 0.25) is 5.95 Å². The lowest BCUT2D eigenvalue weighted by molar-refractivity contribution is 0.601. The number of aromatic nitrogens is 3. The zero-order valence-electron chi connectivity index (χ0n) is 11.4. The zero-order valence-corrected chi connectivity index (χ0v) is 12.2. The molecule has 0 fully saturated rings. The summed E-state index contributed by atoms with van der Waals surface area (Å²) in [6.45, 7) is 0.